The van der Waals surface area contributed by atoms with Crippen LogP contribution in [0.5, 0.6) is 17.2 Å². The number of piperazine rings is 1. The fourth-order valence-corrected chi connectivity index (χ4v) is 9.45. The van der Waals surface area contributed by atoms with Gasteiger partial charge in [0, 0.05) is 88.1 Å². The molecular formula is C51H64N4O12. The average Bonchev–Trinajstić information content (AvgIpc) is 3.57. The summed E-state index contributed by atoms with van der Waals surface area (Å²) in [4.78, 5) is 65.7. The number of hydrogen-bond acceptors (Lipinski definition) is 15. The third-order valence-corrected chi connectivity index (χ3v) is 14.2. The van der Waals surface area contributed by atoms with Gasteiger partial charge in [-0.3, -0.25) is 24.1 Å². The molecule has 0 saturated carbocycles. The molecule has 4 heterocycles. The molecule has 2 aromatic carbocycles. The number of amides is 1. The number of ether oxygens (including phenoxy) is 5. The molecule has 0 radical (unpaired) electrons. The summed E-state index contributed by atoms with van der Waals surface area (Å²) in [5, 5.41) is 25.8. The predicted octanol–water partition coefficient (Wildman–Crippen LogP) is 6.85. The van der Waals surface area contributed by atoms with Crippen LogP contribution in [0.2, 0.25) is 0 Å². The summed E-state index contributed by atoms with van der Waals surface area (Å²) in [6.45, 7) is 20.5. The van der Waals surface area contributed by atoms with E-state index >= 15 is 0 Å². The number of methoxy groups -OCH3 is 1. The highest BCUT2D eigenvalue weighted by molar-refractivity contribution is 6.22. The van der Waals surface area contributed by atoms with Crippen molar-refractivity contribution in [1.29, 1.82) is 0 Å². The number of nitrogens with zero attached hydrogens (tertiary/aromatic N) is 3. The first kappa shape index (κ1) is 49.1. The lowest BCUT2D eigenvalue weighted by Gasteiger charge is -2.39. The zero-order valence-electron chi connectivity index (χ0n) is 40.3. The van der Waals surface area contributed by atoms with Crippen molar-refractivity contribution in [2.24, 2.45) is 29.6 Å². The maximum Gasteiger partial charge on any atom is 0.312 e. The Hall–Kier alpha value is -5.81. The minimum Gasteiger partial charge on any atom is -0.507 e. The first-order valence-electron chi connectivity index (χ1n) is 23.0. The van der Waals surface area contributed by atoms with Crippen molar-refractivity contribution in [2.75, 3.05) is 58.8 Å². The molecule has 3 N–H and O–H groups in total. The van der Waals surface area contributed by atoms with Gasteiger partial charge in [-0.05, 0) is 56.9 Å². The lowest BCUT2D eigenvalue weighted by Crippen LogP contribution is -2.45. The van der Waals surface area contributed by atoms with Crippen LogP contribution in [0.1, 0.15) is 71.3 Å². The number of rotatable bonds is 6. The number of benzene rings is 3. The van der Waals surface area contributed by atoms with Gasteiger partial charge < -0.3 is 48.5 Å². The van der Waals surface area contributed by atoms with Crippen LogP contribution in [0.15, 0.2) is 63.6 Å². The van der Waals surface area contributed by atoms with Crippen LogP contribution in [0.3, 0.4) is 0 Å². The largest absolute Gasteiger partial charge is 0.507 e. The second-order valence-corrected chi connectivity index (χ2v) is 18.7. The summed E-state index contributed by atoms with van der Waals surface area (Å²) in [6.07, 6.45) is 5.77. The number of likely N-dealkylation sites (N-methyl/N-ethyl adjacent to an activating group) is 1. The van der Waals surface area contributed by atoms with Gasteiger partial charge in [-0.15, -0.1) is 0 Å². The molecule has 1 fully saturated rings. The highest BCUT2D eigenvalue weighted by Crippen LogP contribution is 2.50. The molecule has 16 nitrogen and oxygen atoms in total. The number of phenols is 1. The van der Waals surface area contributed by atoms with E-state index in [9.17, 15) is 29.4 Å². The Kier molecular flexibility index (Phi) is 14.5. The Labute approximate surface area is 390 Å². The van der Waals surface area contributed by atoms with E-state index in [1.165, 1.54) is 34.1 Å². The van der Waals surface area contributed by atoms with Gasteiger partial charge in [-0.1, -0.05) is 52.8 Å². The van der Waals surface area contributed by atoms with Gasteiger partial charge in [0.1, 0.15) is 46.9 Å². The Balaban J connectivity index is 1.37. The number of aromatic nitrogens is 1. The van der Waals surface area contributed by atoms with Gasteiger partial charge in [0.15, 0.2) is 11.3 Å². The monoisotopic (exact) mass is 924 g/mol. The zero-order valence-corrected chi connectivity index (χ0v) is 40.3. The number of fused-ring (bicyclic) bond motifs is 2. The van der Waals surface area contributed by atoms with E-state index in [1.54, 1.807) is 49.4 Å². The van der Waals surface area contributed by atoms with Crippen molar-refractivity contribution in [3.8, 4) is 28.7 Å². The topological polar surface area (TPSA) is 199 Å². The van der Waals surface area contributed by atoms with Crippen LogP contribution in [0.25, 0.3) is 33.3 Å². The van der Waals surface area contributed by atoms with Crippen molar-refractivity contribution in [3.05, 3.63) is 75.7 Å². The Morgan fingerprint density at radius 1 is 0.985 bits per heavy atom. The van der Waals surface area contributed by atoms with Crippen LogP contribution in [0.4, 0.5) is 5.69 Å². The molecule has 1 amide bonds. The molecule has 1 aliphatic carbocycles. The van der Waals surface area contributed by atoms with Crippen LogP contribution in [-0.4, -0.2) is 120 Å². The molecule has 9 atom stereocenters. The summed E-state index contributed by atoms with van der Waals surface area (Å²) in [6, 6.07) is 5.10. The molecule has 360 valence electrons. The van der Waals surface area contributed by atoms with Crippen molar-refractivity contribution in [3.63, 3.8) is 0 Å². The fourth-order valence-electron chi connectivity index (χ4n) is 9.45. The minimum atomic E-state index is -2.00. The van der Waals surface area contributed by atoms with Crippen molar-refractivity contribution < 1.29 is 52.7 Å². The number of aromatic hydroxyl groups is 1. The average molecular weight is 925 g/mol. The number of aliphatic hydroxyl groups excluding tert-OH is 1. The summed E-state index contributed by atoms with van der Waals surface area (Å²) in [5.74, 6) is -5.39. The Morgan fingerprint density at radius 3 is 2.39 bits per heavy atom. The summed E-state index contributed by atoms with van der Waals surface area (Å²) >= 11 is 0. The van der Waals surface area contributed by atoms with E-state index in [1.807, 2.05) is 34.6 Å². The van der Waals surface area contributed by atoms with E-state index in [0.717, 1.165) is 32.7 Å². The molecule has 4 bridgehead atoms. The molecule has 5 aliphatic rings. The van der Waals surface area contributed by atoms with Crippen LogP contribution in [0, 0.1) is 36.5 Å². The molecule has 1 saturated heterocycles. The number of esters is 1. The smallest absolute Gasteiger partial charge is 0.312 e. The number of phenolic OH excluding ortho intramolecular Hbond substituents is 1. The first-order chi connectivity index (χ1) is 31.8. The number of aliphatic hydroxyl groups is 1. The third-order valence-electron chi connectivity index (χ3n) is 14.2. The lowest BCUT2D eigenvalue weighted by molar-refractivity contribution is -0.157. The zero-order chi connectivity index (χ0) is 48.6. The molecule has 0 spiro atoms. The van der Waals surface area contributed by atoms with Crippen LogP contribution < -0.4 is 20.2 Å². The number of allylic oxidation sites excluding steroid dienone is 2. The number of Topliss-reactive ketones (excluding diaryl/α,β-unsaturated/α-hetero) is 1. The molecule has 0 unspecified atom stereocenters. The van der Waals surface area contributed by atoms with Gasteiger partial charge in [0.25, 0.3) is 11.7 Å². The summed E-state index contributed by atoms with van der Waals surface area (Å²) in [7, 11) is 3.61. The Bertz CT molecular complexity index is 2670. The second kappa shape index (κ2) is 19.8. The molecule has 0 aromatic heterocycles. The number of carbonyl (C=O) groups is 3. The van der Waals surface area contributed by atoms with Gasteiger partial charge in [-0.2, -0.15) is 0 Å². The maximum atomic E-state index is 14.8. The minimum absolute atomic E-state index is 0.00507. The van der Waals surface area contributed by atoms with E-state index < -0.39 is 58.9 Å². The highest BCUT2D eigenvalue weighted by Gasteiger charge is 2.50. The standard InChI is InChI=1S/C51H64N4O12/c1-26-13-12-14-27(2)50(61)53-42-45(59)39-38(41-48(42)66-37-25-34(15-16-35(37)52-41)63-24-22-55-20-18-54(10)19-21-55)40-47(32(7)44(39)58)67-51(9,49(40)60)64-23-17-36(62-11)31(6)46(65-33(8)56)30(5)28(3)29(4)43(26)57/h12-17,23,25-26,28-31,36,43,46,57-58H,18-22,24H2,1-11H3,(H,53,61)/b13-12+,23-17+,27-14-/t26-,28+,29-,30+,31+,36-,43-,46-,51-/m0/s1. The number of ketones is 1. The molecule has 4 aliphatic heterocycles. The van der Waals surface area contributed by atoms with Crippen molar-refractivity contribution >= 4 is 45.2 Å². The highest BCUT2D eigenvalue weighted by atomic mass is 16.7. The number of carbonyl (C=O) groups excluding carboxylic acids is 3. The van der Waals surface area contributed by atoms with Crippen molar-refractivity contribution in [2.45, 2.75) is 86.4 Å². The first-order valence-corrected chi connectivity index (χ1v) is 23.0. The molecular weight excluding hydrogens is 861 g/mol. The normalized spacial score (nSPS) is 29.9. The lowest BCUT2D eigenvalue weighted by atomic mass is 9.73. The molecule has 16 heteroatoms. The summed E-state index contributed by atoms with van der Waals surface area (Å²) in [5.41, 5.74) is -0.307. The maximum absolute atomic E-state index is 14.8. The van der Waals surface area contributed by atoms with Crippen LogP contribution in [-0.2, 0) is 23.8 Å². The summed E-state index contributed by atoms with van der Waals surface area (Å²) < 4.78 is 36.9. The van der Waals surface area contributed by atoms with Gasteiger partial charge in [0.05, 0.1) is 29.4 Å². The Morgan fingerprint density at radius 2 is 1.70 bits per heavy atom. The van der Waals surface area contributed by atoms with Gasteiger partial charge in [-0.25, -0.2) is 4.98 Å². The van der Waals surface area contributed by atoms with E-state index in [2.05, 4.69) is 22.2 Å². The van der Waals surface area contributed by atoms with Gasteiger partial charge >= 0.3 is 11.8 Å². The van der Waals surface area contributed by atoms with E-state index in [0.29, 0.717) is 17.9 Å². The van der Waals surface area contributed by atoms with Crippen LogP contribution >= 0.6 is 0 Å². The van der Waals surface area contributed by atoms with Gasteiger partial charge in [0.2, 0.25) is 5.43 Å². The fraction of sp³-hybridized carbons (Fsp3) is 0.510. The number of hydrogen-bond donors (Lipinski definition) is 3. The SMILES string of the molecule is CO[C@H]1/C=C/O[C@@]2(C)Oc3c(C)c(O)c4c(=O)c(c5oc6cc(OCCN7CCN(C)CC7)ccc6nc-5c4c3C2=O)NC(=O)/C(C)=C\C=C\[C@H](C)[C@H](O)[C@@H](C)[C@@H](C)[C@@H](C)[C@H](OC(C)=O)[C@@H]1C. The number of anilines is 1. The third kappa shape index (κ3) is 9.67. The van der Waals surface area contributed by atoms with Crippen molar-refractivity contribution in [1.82, 2.24) is 14.8 Å². The van der Waals surface area contributed by atoms with E-state index in [4.69, 9.17) is 33.1 Å². The molecule has 67 heavy (non-hydrogen) atoms. The quantitative estimate of drug-likeness (QED) is 0.103. The molecule has 7 rings (SSSR count). The predicted molar refractivity (Wildman–Crippen MR) is 254 cm³/mol. The second-order valence-electron chi connectivity index (χ2n) is 18.7. The number of nitrogens with one attached hydrogen (secondary N) is 1. The molecule has 2 aromatic rings. The van der Waals surface area contributed by atoms with E-state index in [-0.39, 0.29) is 79.6 Å².